The molecule has 1 amide bonds. The van der Waals surface area contributed by atoms with E-state index in [9.17, 15) is 4.79 Å². The Kier molecular flexibility index (Phi) is 6.83. The SMILES string of the molecule is CCn1cc(SCC(=O)N2N=C(c3cccs3)C[C@@H]2c2cccc(OC)c2OC)c2ccccc21. The number of hydrogen-bond acceptors (Lipinski definition) is 6. The third-order valence-electron chi connectivity index (χ3n) is 6.21. The molecule has 0 saturated heterocycles. The number of aryl methyl sites for hydroxylation is 1. The van der Waals surface area contributed by atoms with Crippen LogP contribution in [-0.2, 0) is 11.3 Å². The zero-order valence-corrected chi connectivity index (χ0v) is 21.6. The lowest BCUT2D eigenvalue weighted by Gasteiger charge is -2.24. The molecule has 8 heteroatoms. The molecule has 0 N–H and O–H groups in total. The van der Waals surface area contributed by atoms with Crippen molar-refractivity contribution in [2.45, 2.75) is 30.8 Å². The highest BCUT2D eigenvalue weighted by molar-refractivity contribution is 8.00. The fourth-order valence-corrected chi connectivity index (χ4v) is 6.21. The Balaban J connectivity index is 1.45. The lowest BCUT2D eigenvalue weighted by molar-refractivity contribution is -0.130. The fourth-order valence-electron chi connectivity index (χ4n) is 4.54. The van der Waals surface area contributed by atoms with Gasteiger partial charge in [0.05, 0.1) is 36.6 Å². The summed E-state index contributed by atoms with van der Waals surface area (Å²) in [6, 6.07) is 17.9. The number of aromatic nitrogens is 1. The lowest BCUT2D eigenvalue weighted by atomic mass is 9.99. The second-order valence-electron chi connectivity index (χ2n) is 8.15. The number of para-hydroxylation sites is 2. The summed E-state index contributed by atoms with van der Waals surface area (Å²) in [4.78, 5) is 15.8. The number of fused-ring (bicyclic) bond motifs is 1. The minimum Gasteiger partial charge on any atom is -0.493 e. The smallest absolute Gasteiger partial charge is 0.253 e. The number of methoxy groups -OCH3 is 2. The van der Waals surface area contributed by atoms with Gasteiger partial charge in [-0.2, -0.15) is 5.10 Å². The van der Waals surface area contributed by atoms with Gasteiger partial charge in [0.15, 0.2) is 11.5 Å². The summed E-state index contributed by atoms with van der Waals surface area (Å²) in [5, 5.41) is 9.65. The fraction of sp³-hybridized carbons (Fsp3) is 0.259. The van der Waals surface area contributed by atoms with Crippen LogP contribution in [0.15, 0.2) is 76.2 Å². The van der Waals surface area contributed by atoms with Crippen molar-refractivity contribution in [1.82, 2.24) is 9.58 Å². The Bertz CT molecular complexity index is 1380. The van der Waals surface area contributed by atoms with Gasteiger partial charge in [0.2, 0.25) is 0 Å². The number of thioether (sulfide) groups is 1. The number of thiophene rings is 1. The van der Waals surface area contributed by atoms with Gasteiger partial charge in [-0.05, 0) is 30.5 Å². The van der Waals surface area contributed by atoms with Crippen molar-refractivity contribution in [3.63, 3.8) is 0 Å². The van der Waals surface area contributed by atoms with Crippen LogP contribution < -0.4 is 9.47 Å². The Morgan fingerprint density at radius 3 is 2.71 bits per heavy atom. The summed E-state index contributed by atoms with van der Waals surface area (Å²) >= 11 is 3.19. The van der Waals surface area contributed by atoms with Crippen molar-refractivity contribution in [1.29, 1.82) is 0 Å². The molecule has 1 atom stereocenters. The largest absolute Gasteiger partial charge is 0.493 e. The summed E-state index contributed by atoms with van der Waals surface area (Å²) in [6.07, 6.45) is 2.76. The Labute approximate surface area is 213 Å². The molecule has 3 heterocycles. The van der Waals surface area contributed by atoms with Crippen molar-refractivity contribution in [2.75, 3.05) is 20.0 Å². The molecule has 0 spiro atoms. The number of hydrogen-bond donors (Lipinski definition) is 0. The van der Waals surface area contributed by atoms with Gasteiger partial charge in [0.1, 0.15) is 0 Å². The zero-order chi connectivity index (χ0) is 24.4. The molecular weight excluding hydrogens is 478 g/mol. The van der Waals surface area contributed by atoms with Gasteiger partial charge in [-0.15, -0.1) is 23.1 Å². The highest BCUT2D eigenvalue weighted by Gasteiger charge is 2.35. The molecule has 5 rings (SSSR count). The maximum absolute atomic E-state index is 13.6. The first-order valence-corrected chi connectivity index (χ1v) is 13.4. The molecule has 1 aliphatic rings. The quantitative estimate of drug-likeness (QED) is 0.267. The second kappa shape index (κ2) is 10.2. The number of nitrogens with zero attached hydrogens (tertiary/aromatic N) is 3. The molecule has 2 aromatic carbocycles. The molecule has 35 heavy (non-hydrogen) atoms. The van der Waals surface area contributed by atoms with E-state index in [0.29, 0.717) is 23.7 Å². The van der Waals surface area contributed by atoms with Crippen molar-refractivity contribution in [3.8, 4) is 11.5 Å². The number of ether oxygens (including phenoxy) is 2. The van der Waals surface area contributed by atoms with Crippen molar-refractivity contribution in [3.05, 3.63) is 76.6 Å². The Hall–Kier alpha value is -3.23. The first kappa shape index (κ1) is 23.5. The molecule has 0 bridgehead atoms. The van der Waals surface area contributed by atoms with Crippen LogP contribution in [0.5, 0.6) is 11.5 Å². The van der Waals surface area contributed by atoms with E-state index in [0.717, 1.165) is 27.6 Å². The van der Waals surface area contributed by atoms with Crippen LogP contribution in [0.3, 0.4) is 0 Å². The molecule has 4 aromatic rings. The van der Waals surface area contributed by atoms with E-state index < -0.39 is 0 Å². The van der Waals surface area contributed by atoms with E-state index >= 15 is 0 Å². The molecule has 0 unspecified atom stereocenters. The average molecular weight is 506 g/mol. The third-order valence-corrected chi connectivity index (χ3v) is 8.15. The molecular formula is C27H27N3O3S2. The molecule has 0 fully saturated rings. The molecule has 180 valence electrons. The summed E-state index contributed by atoms with van der Waals surface area (Å²) < 4.78 is 13.4. The van der Waals surface area contributed by atoms with Crippen LogP contribution in [0.4, 0.5) is 0 Å². The Morgan fingerprint density at radius 2 is 1.97 bits per heavy atom. The predicted molar refractivity (Wildman–Crippen MR) is 143 cm³/mol. The molecule has 0 saturated carbocycles. The molecule has 0 radical (unpaired) electrons. The van der Waals surface area contributed by atoms with Crippen molar-refractivity contribution < 1.29 is 14.3 Å². The maximum atomic E-state index is 13.6. The predicted octanol–water partition coefficient (Wildman–Crippen LogP) is 6.21. The van der Waals surface area contributed by atoms with E-state index in [1.54, 1.807) is 42.3 Å². The molecule has 6 nitrogen and oxygen atoms in total. The summed E-state index contributed by atoms with van der Waals surface area (Å²) in [6.45, 7) is 3.01. The zero-order valence-electron chi connectivity index (χ0n) is 19.9. The van der Waals surface area contributed by atoms with Gasteiger partial charge >= 0.3 is 0 Å². The van der Waals surface area contributed by atoms with Gasteiger partial charge in [0, 0.05) is 40.5 Å². The minimum absolute atomic E-state index is 0.0373. The number of amides is 1. The van der Waals surface area contributed by atoms with Crippen molar-refractivity contribution >= 4 is 45.6 Å². The van der Waals surface area contributed by atoms with Crippen LogP contribution in [0.25, 0.3) is 10.9 Å². The van der Waals surface area contributed by atoms with Crippen molar-refractivity contribution in [2.24, 2.45) is 5.10 Å². The number of benzene rings is 2. The van der Waals surface area contributed by atoms with Crippen LogP contribution >= 0.6 is 23.1 Å². The van der Waals surface area contributed by atoms with Gasteiger partial charge in [0.25, 0.3) is 5.91 Å². The lowest BCUT2D eigenvalue weighted by Crippen LogP contribution is -2.28. The van der Waals surface area contributed by atoms with Gasteiger partial charge in [-0.1, -0.05) is 36.4 Å². The van der Waals surface area contributed by atoms with Crippen LogP contribution in [0.1, 0.15) is 29.8 Å². The number of carbonyl (C=O) groups is 1. The summed E-state index contributed by atoms with van der Waals surface area (Å²) in [5.74, 6) is 1.54. The van der Waals surface area contributed by atoms with Gasteiger partial charge < -0.3 is 14.0 Å². The number of carbonyl (C=O) groups excluding carboxylic acids is 1. The maximum Gasteiger partial charge on any atom is 0.253 e. The van der Waals surface area contributed by atoms with Crippen LogP contribution in [0, 0.1) is 0 Å². The highest BCUT2D eigenvalue weighted by Crippen LogP contribution is 2.42. The van der Waals surface area contributed by atoms with E-state index in [1.807, 2.05) is 47.8 Å². The summed E-state index contributed by atoms with van der Waals surface area (Å²) in [5.41, 5.74) is 2.99. The van der Waals surface area contributed by atoms with Crippen LogP contribution in [-0.4, -0.2) is 41.2 Å². The minimum atomic E-state index is -0.262. The third kappa shape index (κ3) is 4.44. The monoisotopic (exact) mass is 505 g/mol. The molecule has 0 aliphatic carbocycles. The first-order valence-electron chi connectivity index (χ1n) is 11.5. The van der Waals surface area contributed by atoms with Gasteiger partial charge in [-0.25, -0.2) is 5.01 Å². The van der Waals surface area contributed by atoms with E-state index in [4.69, 9.17) is 14.6 Å². The molecule has 1 aliphatic heterocycles. The number of rotatable bonds is 8. The first-order chi connectivity index (χ1) is 17.1. The topological polar surface area (TPSA) is 56.1 Å². The van der Waals surface area contributed by atoms with E-state index in [1.165, 1.54) is 10.9 Å². The molecule has 2 aromatic heterocycles. The summed E-state index contributed by atoms with van der Waals surface area (Å²) in [7, 11) is 3.25. The van der Waals surface area contributed by atoms with Crippen LogP contribution in [0.2, 0.25) is 0 Å². The normalized spacial score (nSPS) is 15.5. The average Bonchev–Trinajstić information content (AvgIpc) is 3.65. The standard InChI is InChI=1S/C27H27N3O3S2/c1-4-29-16-25(18-9-5-6-11-21(18)29)35-17-26(31)30-22(15-20(28-30)24-13-8-14-34-24)19-10-7-12-23(32-2)27(19)33-3/h5-14,16,22H,4,15,17H2,1-3H3/t22-/m1/s1. The second-order valence-corrected chi connectivity index (χ2v) is 10.1. The van der Waals surface area contributed by atoms with E-state index in [2.05, 4.69) is 29.8 Å². The Morgan fingerprint density at radius 1 is 1.11 bits per heavy atom. The highest BCUT2D eigenvalue weighted by atomic mass is 32.2. The van der Waals surface area contributed by atoms with Gasteiger partial charge in [-0.3, -0.25) is 4.79 Å². The van der Waals surface area contributed by atoms with E-state index in [-0.39, 0.29) is 11.9 Å². The number of hydrazone groups is 1.